The van der Waals surface area contributed by atoms with Crippen LogP contribution in [0.15, 0.2) is 35.3 Å². The van der Waals surface area contributed by atoms with Crippen molar-refractivity contribution in [2.45, 2.75) is 33.2 Å². The average molecular weight is 299 g/mol. The fraction of sp³-hybridized carbons (Fsp3) is 0.353. The molecule has 0 aromatic carbocycles. The molecule has 0 fully saturated rings. The van der Waals surface area contributed by atoms with Crippen LogP contribution in [0.4, 0.5) is 0 Å². The number of aryl methyl sites for hydroxylation is 3. The highest BCUT2D eigenvalue weighted by Crippen LogP contribution is 2.03. The first-order valence-corrected chi connectivity index (χ1v) is 7.27. The van der Waals surface area contributed by atoms with E-state index in [0.717, 1.165) is 17.1 Å². The number of rotatable bonds is 4. The van der Waals surface area contributed by atoms with E-state index in [2.05, 4.69) is 10.3 Å². The lowest BCUT2D eigenvalue weighted by atomic mass is 10.1. The molecular weight excluding hydrogens is 278 g/mol. The maximum Gasteiger partial charge on any atom is 0.256 e. The van der Waals surface area contributed by atoms with Gasteiger partial charge in [-0.25, -0.2) is 0 Å². The highest BCUT2D eigenvalue weighted by atomic mass is 16.2. The quantitative estimate of drug-likeness (QED) is 0.935. The molecule has 0 saturated carbocycles. The minimum Gasteiger partial charge on any atom is -0.354 e. The molecule has 5 heteroatoms. The Hall–Kier alpha value is -2.43. The normalized spacial score (nSPS) is 12.0. The maximum absolute atomic E-state index is 12.3. The fourth-order valence-electron chi connectivity index (χ4n) is 2.28. The number of aromatic nitrogens is 2. The lowest BCUT2D eigenvalue weighted by Gasteiger charge is -2.14. The second-order valence-electron chi connectivity index (χ2n) is 5.65. The van der Waals surface area contributed by atoms with Gasteiger partial charge in [0, 0.05) is 48.9 Å². The third-order valence-corrected chi connectivity index (χ3v) is 3.57. The Kier molecular flexibility index (Phi) is 4.75. The molecule has 0 spiro atoms. The molecule has 116 valence electrons. The van der Waals surface area contributed by atoms with Crippen molar-refractivity contribution in [3.05, 3.63) is 63.3 Å². The number of carbonyl (C=O) groups is 1. The van der Waals surface area contributed by atoms with E-state index in [-0.39, 0.29) is 22.9 Å². The smallest absolute Gasteiger partial charge is 0.256 e. The molecule has 0 aliphatic carbocycles. The SMILES string of the molecule is Cc1cccc(CC(C)NC(=O)c2cn(C)c(C)cc2=O)n1. The zero-order chi connectivity index (χ0) is 16.3. The summed E-state index contributed by atoms with van der Waals surface area (Å²) < 4.78 is 1.77. The Morgan fingerprint density at radius 3 is 2.77 bits per heavy atom. The Labute approximate surface area is 130 Å². The molecule has 1 atom stereocenters. The summed E-state index contributed by atoms with van der Waals surface area (Å²) in [4.78, 5) is 28.6. The van der Waals surface area contributed by atoms with Crippen molar-refractivity contribution in [2.75, 3.05) is 0 Å². The molecule has 5 nitrogen and oxygen atoms in total. The van der Waals surface area contributed by atoms with Gasteiger partial charge in [0.2, 0.25) is 0 Å². The van der Waals surface area contributed by atoms with Crippen LogP contribution in [0.25, 0.3) is 0 Å². The largest absolute Gasteiger partial charge is 0.354 e. The van der Waals surface area contributed by atoms with Crippen molar-refractivity contribution in [1.82, 2.24) is 14.9 Å². The molecule has 2 aromatic rings. The van der Waals surface area contributed by atoms with E-state index < -0.39 is 0 Å². The van der Waals surface area contributed by atoms with Gasteiger partial charge in [-0.1, -0.05) is 6.07 Å². The third kappa shape index (κ3) is 3.81. The van der Waals surface area contributed by atoms with Crippen molar-refractivity contribution in [3.63, 3.8) is 0 Å². The van der Waals surface area contributed by atoms with Gasteiger partial charge < -0.3 is 9.88 Å². The summed E-state index contributed by atoms with van der Waals surface area (Å²) in [6, 6.07) is 7.18. The Balaban J connectivity index is 2.08. The number of carbonyl (C=O) groups excluding carboxylic acids is 1. The summed E-state index contributed by atoms with van der Waals surface area (Å²) >= 11 is 0. The first-order chi connectivity index (χ1) is 10.4. The van der Waals surface area contributed by atoms with Crippen LogP contribution in [0.3, 0.4) is 0 Å². The fourth-order valence-corrected chi connectivity index (χ4v) is 2.28. The number of amides is 1. The third-order valence-electron chi connectivity index (χ3n) is 3.57. The summed E-state index contributed by atoms with van der Waals surface area (Å²) in [5.41, 5.74) is 2.60. The summed E-state index contributed by atoms with van der Waals surface area (Å²) in [6.07, 6.45) is 2.20. The molecule has 2 rings (SSSR count). The van der Waals surface area contributed by atoms with Gasteiger partial charge in [-0.15, -0.1) is 0 Å². The number of hydrogen-bond donors (Lipinski definition) is 1. The van der Waals surface area contributed by atoms with Gasteiger partial charge in [0.05, 0.1) is 0 Å². The van der Waals surface area contributed by atoms with Crippen LogP contribution < -0.4 is 10.7 Å². The lowest BCUT2D eigenvalue weighted by molar-refractivity contribution is 0.0938. The van der Waals surface area contributed by atoms with Gasteiger partial charge in [-0.3, -0.25) is 14.6 Å². The number of hydrogen-bond acceptors (Lipinski definition) is 3. The highest BCUT2D eigenvalue weighted by Gasteiger charge is 2.14. The summed E-state index contributed by atoms with van der Waals surface area (Å²) in [7, 11) is 1.81. The predicted octanol–water partition coefficient (Wildman–Crippen LogP) is 1.76. The van der Waals surface area contributed by atoms with Crippen molar-refractivity contribution in [3.8, 4) is 0 Å². The van der Waals surface area contributed by atoms with Crippen LogP contribution in [0.2, 0.25) is 0 Å². The van der Waals surface area contributed by atoms with E-state index in [4.69, 9.17) is 0 Å². The first kappa shape index (κ1) is 15.9. The average Bonchev–Trinajstić information content (AvgIpc) is 2.42. The molecule has 2 heterocycles. The minimum absolute atomic E-state index is 0.104. The second-order valence-corrected chi connectivity index (χ2v) is 5.65. The van der Waals surface area contributed by atoms with Gasteiger partial charge in [-0.05, 0) is 32.9 Å². The topological polar surface area (TPSA) is 64.0 Å². The first-order valence-electron chi connectivity index (χ1n) is 7.27. The monoisotopic (exact) mass is 299 g/mol. The Morgan fingerprint density at radius 2 is 2.09 bits per heavy atom. The molecule has 0 aliphatic heterocycles. The molecular formula is C17H21N3O2. The number of nitrogens with zero attached hydrogens (tertiary/aromatic N) is 2. The molecule has 0 bridgehead atoms. The highest BCUT2D eigenvalue weighted by molar-refractivity contribution is 5.94. The molecule has 0 radical (unpaired) electrons. The van der Waals surface area contributed by atoms with Crippen LogP contribution in [-0.2, 0) is 13.5 Å². The molecule has 1 N–H and O–H groups in total. The van der Waals surface area contributed by atoms with E-state index in [1.807, 2.05) is 46.0 Å². The van der Waals surface area contributed by atoms with Crippen LogP contribution >= 0.6 is 0 Å². The molecule has 2 aromatic heterocycles. The van der Waals surface area contributed by atoms with Gasteiger partial charge in [-0.2, -0.15) is 0 Å². The predicted molar refractivity (Wildman–Crippen MR) is 86.0 cm³/mol. The lowest BCUT2D eigenvalue weighted by Crippen LogP contribution is -2.37. The van der Waals surface area contributed by atoms with Crippen molar-refractivity contribution in [1.29, 1.82) is 0 Å². The van der Waals surface area contributed by atoms with E-state index in [9.17, 15) is 9.59 Å². The van der Waals surface area contributed by atoms with Crippen LogP contribution in [0.5, 0.6) is 0 Å². The van der Waals surface area contributed by atoms with E-state index in [1.165, 1.54) is 6.07 Å². The van der Waals surface area contributed by atoms with Crippen molar-refractivity contribution in [2.24, 2.45) is 7.05 Å². The second kappa shape index (κ2) is 6.56. The number of nitrogens with one attached hydrogen (secondary N) is 1. The van der Waals surface area contributed by atoms with Gasteiger partial charge in [0.1, 0.15) is 5.56 Å². The van der Waals surface area contributed by atoms with Crippen molar-refractivity contribution >= 4 is 5.91 Å². The minimum atomic E-state index is -0.347. The summed E-state index contributed by atoms with van der Waals surface area (Å²) in [5.74, 6) is -0.347. The zero-order valence-electron chi connectivity index (χ0n) is 13.4. The molecule has 1 amide bonds. The molecule has 0 saturated heterocycles. The molecule has 1 unspecified atom stereocenters. The van der Waals surface area contributed by atoms with E-state index in [0.29, 0.717) is 6.42 Å². The summed E-state index contributed by atoms with van der Waals surface area (Å²) in [6.45, 7) is 5.67. The van der Waals surface area contributed by atoms with Crippen LogP contribution in [-0.4, -0.2) is 21.5 Å². The van der Waals surface area contributed by atoms with E-state index >= 15 is 0 Å². The molecule has 0 aliphatic rings. The van der Waals surface area contributed by atoms with Gasteiger partial charge in [0.25, 0.3) is 5.91 Å². The van der Waals surface area contributed by atoms with Crippen LogP contribution in [0, 0.1) is 13.8 Å². The van der Waals surface area contributed by atoms with Crippen LogP contribution in [0.1, 0.15) is 34.4 Å². The zero-order valence-corrected chi connectivity index (χ0v) is 13.4. The van der Waals surface area contributed by atoms with Gasteiger partial charge >= 0.3 is 0 Å². The summed E-state index contributed by atoms with van der Waals surface area (Å²) in [5, 5.41) is 2.86. The standard InChI is InChI=1S/C17H21N3O2/c1-11-6-5-7-14(18-11)8-12(2)19-17(22)15-10-20(4)13(3)9-16(15)21/h5-7,9-10,12H,8H2,1-4H3,(H,19,22). The molecule has 22 heavy (non-hydrogen) atoms. The Bertz CT molecular complexity index is 750. The van der Waals surface area contributed by atoms with Crippen molar-refractivity contribution < 1.29 is 4.79 Å². The maximum atomic E-state index is 12.3. The van der Waals surface area contributed by atoms with E-state index in [1.54, 1.807) is 10.8 Å². The Morgan fingerprint density at radius 1 is 1.36 bits per heavy atom. The number of pyridine rings is 2. The van der Waals surface area contributed by atoms with Gasteiger partial charge in [0.15, 0.2) is 5.43 Å².